The van der Waals surface area contributed by atoms with E-state index in [9.17, 15) is 4.39 Å². The van der Waals surface area contributed by atoms with Gasteiger partial charge in [-0.3, -0.25) is 0 Å². The summed E-state index contributed by atoms with van der Waals surface area (Å²) in [7, 11) is 0. The van der Waals surface area contributed by atoms with E-state index in [0.29, 0.717) is 5.82 Å². The molecule has 1 N–H and O–H groups in total. The molecule has 0 amide bonds. The summed E-state index contributed by atoms with van der Waals surface area (Å²) in [5, 5.41) is 3.04. The van der Waals surface area contributed by atoms with Gasteiger partial charge in [0, 0.05) is 4.47 Å². The second-order valence-corrected chi connectivity index (χ2v) is 4.31. The van der Waals surface area contributed by atoms with Gasteiger partial charge in [0.1, 0.15) is 5.82 Å². The fourth-order valence-electron chi connectivity index (χ4n) is 1.34. The Hall–Kier alpha value is -1.42. The van der Waals surface area contributed by atoms with E-state index in [0.717, 1.165) is 15.7 Å². The minimum absolute atomic E-state index is 0.490. The summed E-state index contributed by atoms with van der Waals surface area (Å²) in [4.78, 5) is 3.73. The Balaban J connectivity index is 2.27. The van der Waals surface area contributed by atoms with Crippen LogP contribution >= 0.6 is 15.9 Å². The van der Waals surface area contributed by atoms with Gasteiger partial charge >= 0.3 is 0 Å². The second-order valence-electron chi connectivity index (χ2n) is 3.45. The van der Waals surface area contributed by atoms with Gasteiger partial charge in [0.05, 0.1) is 5.69 Å². The van der Waals surface area contributed by atoms with E-state index >= 15 is 0 Å². The minimum atomic E-state index is -0.492. The summed E-state index contributed by atoms with van der Waals surface area (Å²) in [5.41, 5.74) is 2.02. The zero-order valence-corrected chi connectivity index (χ0v) is 10.3. The van der Waals surface area contributed by atoms with Crippen LogP contribution in [0.5, 0.6) is 0 Å². The molecule has 0 unspecified atom stereocenters. The lowest BCUT2D eigenvalue weighted by Gasteiger charge is -2.08. The van der Waals surface area contributed by atoms with Crippen molar-refractivity contribution in [2.75, 3.05) is 5.32 Å². The van der Waals surface area contributed by atoms with E-state index in [-0.39, 0.29) is 0 Å². The minimum Gasteiger partial charge on any atom is -0.339 e. The van der Waals surface area contributed by atoms with Crippen molar-refractivity contribution in [3.63, 3.8) is 0 Å². The molecule has 1 aromatic carbocycles. The highest BCUT2D eigenvalue weighted by molar-refractivity contribution is 9.10. The molecule has 82 valence electrons. The molecule has 0 aliphatic heterocycles. The van der Waals surface area contributed by atoms with E-state index in [1.807, 2.05) is 25.1 Å². The summed E-state index contributed by atoms with van der Waals surface area (Å²) in [6.45, 7) is 2.01. The first-order chi connectivity index (χ1) is 7.65. The fraction of sp³-hybridized carbons (Fsp3) is 0.0833. The van der Waals surface area contributed by atoms with Crippen LogP contribution in [-0.2, 0) is 0 Å². The summed E-state index contributed by atoms with van der Waals surface area (Å²) >= 11 is 3.44. The molecular formula is C12H10BrFN2. The Morgan fingerprint density at radius 3 is 2.75 bits per heavy atom. The zero-order chi connectivity index (χ0) is 11.5. The smallest absolute Gasteiger partial charge is 0.214 e. The molecule has 1 heterocycles. The molecule has 16 heavy (non-hydrogen) atoms. The van der Waals surface area contributed by atoms with Crippen LogP contribution in [0, 0.1) is 12.9 Å². The van der Waals surface area contributed by atoms with Crippen LogP contribution in [0.15, 0.2) is 40.9 Å². The molecule has 0 saturated heterocycles. The molecule has 0 aliphatic rings. The molecule has 0 fully saturated rings. The summed E-state index contributed by atoms with van der Waals surface area (Å²) in [6, 6.07) is 10.5. The summed E-state index contributed by atoms with van der Waals surface area (Å²) < 4.78 is 13.8. The van der Waals surface area contributed by atoms with E-state index < -0.39 is 5.95 Å². The third-order valence-electron chi connectivity index (χ3n) is 2.10. The molecule has 4 heteroatoms. The van der Waals surface area contributed by atoms with Gasteiger partial charge in [0.15, 0.2) is 0 Å². The van der Waals surface area contributed by atoms with Gasteiger partial charge in [-0.1, -0.05) is 12.1 Å². The Kier molecular flexibility index (Phi) is 3.19. The van der Waals surface area contributed by atoms with Gasteiger partial charge in [0.2, 0.25) is 5.95 Å². The van der Waals surface area contributed by atoms with Gasteiger partial charge in [-0.15, -0.1) is 0 Å². The number of hydrogen-bond acceptors (Lipinski definition) is 2. The topological polar surface area (TPSA) is 24.9 Å². The third-order valence-corrected chi connectivity index (χ3v) is 2.76. The number of anilines is 2. The van der Waals surface area contributed by atoms with E-state index in [1.54, 1.807) is 12.1 Å². The number of pyridine rings is 1. The molecule has 0 atom stereocenters. The standard InChI is InChI=1S/C12H10BrFN2/c1-8-5-6-10(9(13)7-8)15-12-4-2-3-11(14)16-12/h2-7H,1H3,(H,15,16). The van der Waals surface area contributed by atoms with Crippen molar-refractivity contribution in [1.29, 1.82) is 0 Å². The number of nitrogens with zero attached hydrogens (tertiary/aromatic N) is 1. The molecule has 2 nitrogen and oxygen atoms in total. The number of aryl methyl sites for hydroxylation is 1. The first-order valence-corrected chi connectivity index (χ1v) is 5.60. The lowest BCUT2D eigenvalue weighted by molar-refractivity contribution is 0.585. The average molecular weight is 281 g/mol. The Bertz CT molecular complexity index is 514. The van der Waals surface area contributed by atoms with Crippen LogP contribution in [0.25, 0.3) is 0 Å². The highest BCUT2D eigenvalue weighted by Crippen LogP contribution is 2.25. The number of aromatic nitrogens is 1. The van der Waals surface area contributed by atoms with Gasteiger partial charge in [-0.2, -0.15) is 4.39 Å². The molecule has 0 saturated carbocycles. The largest absolute Gasteiger partial charge is 0.339 e. The van der Waals surface area contributed by atoms with E-state index in [2.05, 4.69) is 26.2 Å². The van der Waals surface area contributed by atoms with Crippen LogP contribution in [0.4, 0.5) is 15.9 Å². The predicted molar refractivity (Wildman–Crippen MR) is 66.4 cm³/mol. The molecule has 0 radical (unpaired) electrons. The van der Waals surface area contributed by atoms with Crippen LogP contribution in [-0.4, -0.2) is 4.98 Å². The number of halogens is 2. The SMILES string of the molecule is Cc1ccc(Nc2cccc(F)n2)c(Br)c1. The van der Waals surface area contributed by atoms with Crippen molar-refractivity contribution in [3.05, 3.63) is 52.4 Å². The van der Waals surface area contributed by atoms with Gasteiger partial charge in [-0.25, -0.2) is 4.98 Å². The van der Waals surface area contributed by atoms with Crippen molar-refractivity contribution in [2.45, 2.75) is 6.92 Å². The lowest BCUT2D eigenvalue weighted by atomic mass is 10.2. The maximum absolute atomic E-state index is 12.9. The average Bonchev–Trinajstić information content (AvgIpc) is 2.22. The Morgan fingerprint density at radius 2 is 2.06 bits per heavy atom. The van der Waals surface area contributed by atoms with Crippen molar-refractivity contribution >= 4 is 27.4 Å². The number of rotatable bonds is 2. The predicted octanol–water partition coefficient (Wildman–Crippen LogP) is 4.04. The molecule has 1 aromatic heterocycles. The van der Waals surface area contributed by atoms with Crippen molar-refractivity contribution in [2.24, 2.45) is 0 Å². The molecule has 0 bridgehead atoms. The monoisotopic (exact) mass is 280 g/mol. The van der Waals surface area contributed by atoms with Crippen molar-refractivity contribution in [1.82, 2.24) is 4.98 Å². The number of benzene rings is 1. The molecule has 0 aliphatic carbocycles. The highest BCUT2D eigenvalue weighted by Gasteiger charge is 2.01. The Labute approximate surface area is 102 Å². The first-order valence-electron chi connectivity index (χ1n) is 4.81. The highest BCUT2D eigenvalue weighted by atomic mass is 79.9. The number of nitrogens with one attached hydrogen (secondary N) is 1. The first kappa shape index (κ1) is 11.1. The molecule has 0 spiro atoms. The van der Waals surface area contributed by atoms with Crippen LogP contribution in [0.3, 0.4) is 0 Å². The van der Waals surface area contributed by atoms with Gasteiger partial charge in [0.25, 0.3) is 0 Å². The zero-order valence-electron chi connectivity index (χ0n) is 8.67. The normalized spacial score (nSPS) is 10.2. The van der Waals surface area contributed by atoms with Crippen LogP contribution in [0.2, 0.25) is 0 Å². The van der Waals surface area contributed by atoms with Gasteiger partial charge < -0.3 is 5.32 Å². The molecule has 2 rings (SSSR count). The lowest BCUT2D eigenvalue weighted by Crippen LogP contribution is -1.95. The maximum Gasteiger partial charge on any atom is 0.214 e. The number of hydrogen-bond donors (Lipinski definition) is 1. The Morgan fingerprint density at radius 1 is 1.25 bits per heavy atom. The van der Waals surface area contributed by atoms with Crippen molar-refractivity contribution in [3.8, 4) is 0 Å². The maximum atomic E-state index is 12.9. The molecular weight excluding hydrogens is 271 g/mol. The van der Waals surface area contributed by atoms with Crippen LogP contribution < -0.4 is 5.32 Å². The van der Waals surface area contributed by atoms with Crippen LogP contribution in [0.1, 0.15) is 5.56 Å². The quantitative estimate of drug-likeness (QED) is 0.840. The summed E-state index contributed by atoms with van der Waals surface area (Å²) in [5.74, 6) is -0.00205. The summed E-state index contributed by atoms with van der Waals surface area (Å²) in [6.07, 6.45) is 0. The van der Waals surface area contributed by atoms with Crippen molar-refractivity contribution < 1.29 is 4.39 Å². The van der Waals surface area contributed by atoms with E-state index in [1.165, 1.54) is 6.07 Å². The third kappa shape index (κ3) is 2.58. The van der Waals surface area contributed by atoms with Gasteiger partial charge in [-0.05, 0) is 52.7 Å². The fourth-order valence-corrected chi connectivity index (χ4v) is 1.93. The second kappa shape index (κ2) is 4.61. The van der Waals surface area contributed by atoms with E-state index in [4.69, 9.17) is 0 Å². The molecule has 2 aromatic rings.